The number of fused-ring (bicyclic) bond motifs is 1. The number of methoxy groups -OCH3 is 1. The van der Waals surface area contributed by atoms with Crippen molar-refractivity contribution in [1.29, 1.82) is 0 Å². The molecule has 1 fully saturated rings. The van der Waals surface area contributed by atoms with Gasteiger partial charge in [0.15, 0.2) is 0 Å². The molecule has 0 spiro atoms. The third-order valence-corrected chi connectivity index (χ3v) is 3.67. The largest absolute Gasteiger partial charge is 0.497 e. The first-order chi connectivity index (χ1) is 10.2. The van der Waals surface area contributed by atoms with Gasteiger partial charge in [-0.1, -0.05) is 0 Å². The van der Waals surface area contributed by atoms with Crippen molar-refractivity contribution in [3.8, 4) is 11.6 Å². The summed E-state index contributed by atoms with van der Waals surface area (Å²) in [6.45, 7) is 0.668. The van der Waals surface area contributed by atoms with E-state index in [4.69, 9.17) is 15.3 Å². The lowest BCUT2D eigenvalue weighted by Crippen LogP contribution is -2.42. The third-order valence-electron chi connectivity index (χ3n) is 3.67. The van der Waals surface area contributed by atoms with Crippen LogP contribution in [-0.2, 0) is 4.79 Å². The van der Waals surface area contributed by atoms with Gasteiger partial charge in [0, 0.05) is 18.1 Å². The Morgan fingerprint density at radius 3 is 3.05 bits per heavy atom. The van der Waals surface area contributed by atoms with Crippen LogP contribution in [0.15, 0.2) is 30.5 Å². The standard InChI is InChI=1S/C15H17N3O3/c1-20-11-4-5-12-10(9-11)6-7-17-15(12)21-18-8-2-3-13(18)14(16)19/h4-7,9,13H,2-3,8H2,1H3,(H2,16,19). The number of carbonyl (C=O) groups is 1. The van der Waals surface area contributed by atoms with Crippen LogP contribution < -0.4 is 15.3 Å². The molecule has 6 heteroatoms. The van der Waals surface area contributed by atoms with Gasteiger partial charge in [0.25, 0.3) is 0 Å². The number of amides is 1. The first-order valence-electron chi connectivity index (χ1n) is 6.86. The van der Waals surface area contributed by atoms with Crippen LogP contribution in [0.25, 0.3) is 10.8 Å². The average molecular weight is 287 g/mol. The Bertz CT molecular complexity index is 674. The fourth-order valence-electron chi connectivity index (χ4n) is 2.57. The maximum Gasteiger partial charge on any atom is 0.245 e. The molecule has 2 N–H and O–H groups in total. The Morgan fingerprint density at radius 1 is 1.43 bits per heavy atom. The van der Waals surface area contributed by atoms with Crippen molar-refractivity contribution in [2.45, 2.75) is 18.9 Å². The summed E-state index contributed by atoms with van der Waals surface area (Å²) < 4.78 is 5.21. The second kappa shape index (κ2) is 5.57. The Kier molecular flexibility index (Phi) is 3.62. The van der Waals surface area contributed by atoms with Crippen molar-refractivity contribution < 1.29 is 14.4 Å². The second-order valence-electron chi connectivity index (χ2n) is 5.00. The van der Waals surface area contributed by atoms with Gasteiger partial charge in [0.2, 0.25) is 11.8 Å². The first kappa shape index (κ1) is 13.6. The molecule has 1 saturated heterocycles. The van der Waals surface area contributed by atoms with Gasteiger partial charge in [0.05, 0.1) is 7.11 Å². The molecule has 2 aromatic rings. The summed E-state index contributed by atoms with van der Waals surface area (Å²) in [5, 5.41) is 3.46. The SMILES string of the molecule is COc1ccc2c(ON3CCCC3C(N)=O)nccc2c1. The predicted molar refractivity (Wildman–Crippen MR) is 77.8 cm³/mol. The number of nitrogens with two attached hydrogens (primary N) is 1. The smallest absolute Gasteiger partial charge is 0.245 e. The van der Waals surface area contributed by atoms with E-state index in [2.05, 4.69) is 4.98 Å². The number of primary amides is 1. The van der Waals surface area contributed by atoms with E-state index < -0.39 is 0 Å². The van der Waals surface area contributed by atoms with Crippen LogP contribution in [0.4, 0.5) is 0 Å². The third kappa shape index (κ3) is 2.62. The summed E-state index contributed by atoms with van der Waals surface area (Å²) in [4.78, 5) is 21.5. The highest BCUT2D eigenvalue weighted by Gasteiger charge is 2.31. The van der Waals surface area contributed by atoms with Crippen molar-refractivity contribution in [2.75, 3.05) is 13.7 Å². The maximum absolute atomic E-state index is 11.4. The zero-order chi connectivity index (χ0) is 14.8. The predicted octanol–water partition coefficient (Wildman–Crippen LogP) is 1.49. The Morgan fingerprint density at radius 2 is 2.29 bits per heavy atom. The monoisotopic (exact) mass is 287 g/mol. The van der Waals surface area contributed by atoms with E-state index in [1.165, 1.54) is 0 Å². The normalized spacial score (nSPS) is 18.8. The fraction of sp³-hybridized carbons (Fsp3) is 0.333. The molecular formula is C15H17N3O3. The Balaban J connectivity index is 1.92. The molecule has 1 amide bonds. The van der Waals surface area contributed by atoms with Gasteiger partial charge in [0.1, 0.15) is 11.8 Å². The minimum Gasteiger partial charge on any atom is -0.497 e. The summed E-state index contributed by atoms with van der Waals surface area (Å²) >= 11 is 0. The van der Waals surface area contributed by atoms with E-state index in [-0.39, 0.29) is 11.9 Å². The van der Waals surface area contributed by atoms with Crippen LogP contribution in [-0.4, -0.2) is 35.7 Å². The Labute approximate surface area is 122 Å². The Hall–Kier alpha value is -2.34. The van der Waals surface area contributed by atoms with Crippen LogP contribution >= 0.6 is 0 Å². The molecule has 1 aliphatic rings. The van der Waals surface area contributed by atoms with Crippen molar-refractivity contribution >= 4 is 16.7 Å². The van der Waals surface area contributed by atoms with Gasteiger partial charge in [-0.25, -0.2) is 4.98 Å². The molecule has 1 aromatic heterocycles. The fourth-order valence-corrected chi connectivity index (χ4v) is 2.57. The molecule has 1 atom stereocenters. The van der Waals surface area contributed by atoms with E-state index in [0.29, 0.717) is 18.8 Å². The number of pyridine rings is 1. The summed E-state index contributed by atoms with van der Waals surface area (Å²) in [5.74, 6) is 0.883. The summed E-state index contributed by atoms with van der Waals surface area (Å²) in [6, 6.07) is 7.16. The lowest BCUT2D eigenvalue weighted by molar-refractivity contribution is -0.135. The highest BCUT2D eigenvalue weighted by molar-refractivity contribution is 5.88. The first-order valence-corrected chi connectivity index (χ1v) is 6.86. The molecule has 1 aromatic carbocycles. The van der Waals surface area contributed by atoms with Gasteiger partial charge in [-0.3, -0.25) is 4.79 Å². The van der Waals surface area contributed by atoms with Crippen LogP contribution in [0.1, 0.15) is 12.8 Å². The highest BCUT2D eigenvalue weighted by Crippen LogP contribution is 2.28. The van der Waals surface area contributed by atoms with Crippen LogP contribution in [0.3, 0.4) is 0 Å². The van der Waals surface area contributed by atoms with Gasteiger partial charge < -0.3 is 15.3 Å². The average Bonchev–Trinajstić information content (AvgIpc) is 2.95. The van der Waals surface area contributed by atoms with Crippen LogP contribution in [0.2, 0.25) is 0 Å². The number of hydroxylamine groups is 2. The molecule has 3 rings (SSSR count). The number of ether oxygens (including phenoxy) is 1. The van der Waals surface area contributed by atoms with Gasteiger partial charge >= 0.3 is 0 Å². The van der Waals surface area contributed by atoms with Crippen molar-refractivity contribution in [2.24, 2.45) is 5.73 Å². The van der Waals surface area contributed by atoms with Gasteiger partial charge in [-0.2, -0.15) is 0 Å². The molecule has 1 unspecified atom stereocenters. The zero-order valence-electron chi connectivity index (χ0n) is 11.8. The van der Waals surface area contributed by atoms with E-state index in [9.17, 15) is 4.79 Å². The molecule has 6 nitrogen and oxygen atoms in total. The van der Waals surface area contributed by atoms with E-state index in [0.717, 1.165) is 22.9 Å². The number of nitrogens with zero attached hydrogens (tertiary/aromatic N) is 2. The number of hydrogen-bond acceptors (Lipinski definition) is 5. The molecule has 2 heterocycles. The highest BCUT2D eigenvalue weighted by atomic mass is 16.7. The quantitative estimate of drug-likeness (QED) is 0.921. The van der Waals surface area contributed by atoms with Crippen LogP contribution in [0.5, 0.6) is 11.6 Å². The van der Waals surface area contributed by atoms with E-state index >= 15 is 0 Å². The molecule has 1 aliphatic heterocycles. The summed E-state index contributed by atoms with van der Waals surface area (Å²) in [7, 11) is 1.63. The molecular weight excluding hydrogens is 270 g/mol. The summed E-state index contributed by atoms with van der Waals surface area (Å²) in [5.41, 5.74) is 5.39. The number of rotatable bonds is 4. The topological polar surface area (TPSA) is 77.7 Å². The number of hydrogen-bond donors (Lipinski definition) is 1. The lowest BCUT2D eigenvalue weighted by Gasteiger charge is -2.21. The van der Waals surface area contributed by atoms with Gasteiger partial charge in [-0.05, 0) is 42.5 Å². The number of aromatic nitrogens is 1. The van der Waals surface area contributed by atoms with Crippen molar-refractivity contribution in [3.05, 3.63) is 30.5 Å². The van der Waals surface area contributed by atoms with Crippen molar-refractivity contribution in [1.82, 2.24) is 10.0 Å². The molecule has 0 aliphatic carbocycles. The second-order valence-corrected chi connectivity index (χ2v) is 5.00. The number of benzene rings is 1. The van der Waals surface area contributed by atoms with E-state index in [1.54, 1.807) is 18.4 Å². The molecule has 0 bridgehead atoms. The van der Waals surface area contributed by atoms with Crippen LogP contribution in [0, 0.1) is 0 Å². The maximum atomic E-state index is 11.4. The number of carbonyl (C=O) groups excluding carboxylic acids is 1. The zero-order valence-corrected chi connectivity index (χ0v) is 11.8. The van der Waals surface area contributed by atoms with Gasteiger partial charge in [-0.15, -0.1) is 5.06 Å². The lowest BCUT2D eigenvalue weighted by atomic mass is 10.1. The minimum atomic E-state index is -0.389. The molecule has 0 saturated carbocycles. The molecule has 21 heavy (non-hydrogen) atoms. The minimum absolute atomic E-state index is 0.366. The van der Waals surface area contributed by atoms with E-state index in [1.807, 2.05) is 24.3 Å². The van der Waals surface area contributed by atoms with Crippen molar-refractivity contribution in [3.63, 3.8) is 0 Å². The summed E-state index contributed by atoms with van der Waals surface area (Å²) in [6.07, 6.45) is 3.27. The molecule has 110 valence electrons. The molecule has 0 radical (unpaired) electrons.